The van der Waals surface area contributed by atoms with Gasteiger partial charge in [0.25, 0.3) is 0 Å². The van der Waals surface area contributed by atoms with Gasteiger partial charge in [0.05, 0.1) is 13.1 Å². The quantitative estimate of drug-likeness (QED) is 0.693. The van der Waals surface area contributed by atoms with Crippen molar-refractivity contribution in [1.82, 2.24) is 4.57 Å². The Labute approximate surface area is 110 Å². The zero-order valence-corrected chi connectivity index (χ0v) is 11.9. The number of carboxylic acids is 1. The molecule has 0 fully saturated rings. The summed E-state index contributed by atoms with van der Waals surface area (Å²) in [6.45, 7) is 8.32. The number of hydrogen-bond acceptors (Lipinski definition) is 2. The first-order chi connectivity index (χ1) is 8.63. The first-order valence-corrected chi connectivity index (χ1v) is 6.88. The smallest absolute Gasteiger partial charge is 0.243 e. The standard InChI is InChI=1S/C11H21N2.C3H6O2/c1-3-5-7-12-9-10-13(11-12)8-6-4-2;1-2-3(4)5/h9-11H,3-8H2,1-2H3;2H2,1H3,(H,4,5)/q+1;/p-1. The normalized spacial score (nSPS) is 9.72. The predicted octanol–water partition coefficient (Wildman–Crippen LogP) is 1.52. The van der Waals surface area contributed by atoms with Crippen LogP contribution >= 0.6 is 0 Å². The molecule has 1 aromatic heterocycles. The van der Waals surface area contributed by atoms with Crippen LogP contribution in [0.25, 0.3) is 0 Å². The van der Waals surface area contributed by atoms with Crippen molar-refractivity contribution in [3.63, 3.8) is 0 Å². The molecule has 0 radical (unpaired) electrons. The SMILES string of the molecule is CCC(=O)[O-].CCCCn1cc[n+](CCCC)c1. The van der Waals surface area contributed by atoms with Gasteiger partial charge in [-0.25, -0.2) is 9.13 Å². The molecule has 0 bridgehead atoms. The van der Waals surface area contributed by atoms with Crippen LogP contribution in [-0.2, 0) is 17.9 Å². The second-order valence-corrected chi connectivity index (χ2v) is 4.32. The number of nitrogens with zero attached hydrogens (tertiary/aromatic N) is 2. The van der Waals surface area contributed by atoms with Crippen molar-refractivity contribution in [2.24, 2.45) is 0 Å². The van der Waals surface area contributed by atoms with Gasteiger partial charge in [0.1, 0.15) is 12.4 Å². The highest BCUT2D eigenvalue weighted by Gasteiger charge is 2.01. The van der Waals surface area contributed by atoms with Gasteiger partial charge in [-0.2, -0.15) is 0 Å². The van der Waals surface area contributed by atoms with E-state index in [1.165, 1.54) is 32.6 Å². The van der Waals surface area contributed by atoms with E-state index < -0.39 is 5.97 Å². The molecule has 0 aliphatic rings. The number of imidazole rings is 1. The third-order valence-corrected chi connectivity index (χ3v) is 2.57. The predicted molar refractivity (Wildman–Crippen MR) is 69.7 cm³/mol. The molecule has 0 spiro atoms. The summed E-state index contributed by atoms with van der Waals surface area (Å²) in [5.74, 6) is -0.995. The van der Waals surface area contributed by atoms with Crippen molar-refractivity contribution in [2.45, 2.75) is 66.0 Å². The summed E-state index contributed by atoms with van der Waals surface area (Å²) in [5, 5.41) is 9.26. The van der Waals surface area contributed by atoms with E-state index in [9.17, 15) is 9.90 Å². The highest BCUT2D eigenvalue weighted by Crippen LogP contribution is 1.93. The lowest BCUT2D eigenvalue weighted by molar-refractivity contribution is -0.696. The molecule has 0 aliphatic carbocycles. The second kappa shape index (κ2) is 10.8. The van der Waals surface area contributed by atoms with E-state index >= 15 is 0 Å². The highest BCUT2D eigenvalue weighted by molar-refractivity contribution is 5.63. The van der Waals surface area contributed by atoms with Crippen molar-refractivity contribution >= 4 is 5.97 Å². The van der Waals surface area contributed by atoms with E-state index in [1.807, 2.05) is 0 Å². The molecule has 4 nitrogen and oxygen atoms in total. The van der Waals surface area contributed by atoms with Gasteiger partial charge in [0, 0.05) is 5.97 Å². The first kappa shape index (κ1) is 16.7. The Hall–Kier alpha value is -1.32. The number of carbonyl (C=O) groups excluding carboxylic acids is 1. The Morgan fingerprint density at radius 2 is 1.83 bits per heavy atom. The van der Waals surface area contributed by atoms with Gasteiger partial charge in [0.2, 0.25) is 6.33 Å². The topological polar surface area (TPSA) is 48.9 Å². The van der Waals surface area contributed by atoms with Crippen molar-refractivity contribution < 1.29 is 14.5 Å². The Morgan fingerprint density at radius 3 is 2.33 bits per heavy atom. The summed E-state index contributed by atoms with van der Waals surface area (Å²) in [4.78, 5) is 9.26. The van der Waals surface area contributed by atoms with Gasteiger partial charge in [0.15, 0.2) is 0 Å². The molecule has 1 heterocycles. The monoisotopic (exact) mass is 254 g/mol. The molecule has 0 aliphatic heterocycles. The highest BCUT2D eigenvalue weighted by atomic mass is 16.4. The van der Waals surface area contributed by atoms with Crippen LogP contribution < -0.4 is 9.67 Å². The number of aliphatic carboxylic acids is 1. The number of rotatable bonds is 7. The molecule has 0 atom stereocenters. The van der Waals surface area contributed by atoms with Gasteiger partial charge in [-0.05, 0) is 19.3 Å². The molecule has 0 saturated carbocycles. The van der Waals surface area contributed by atoms with Crippen LogP contribution in [0.3, 0.4) is 0 Å². The summed E-state index contributed by atoms with van der Waals surface area (Å²) in [7, 11) is 0. The molecule has 0 aromatic carbocycles. The minimum atomic E-state index is -0.995. The lowest BCUT2D eigenvalue weighted by Gasteiger charge is -1.93. The first-order valence-electron chi connectivity index (χ1n) is 6.88. The molecule has 1 aromatic rings. The minimum Gasteiger partial charge on any atom is -0.550 e. The molecule has 0 N–H and O–H groups in total. The number of carbonyl (C=O) groups is 1. The lowest BCUT2D eigenvalue weighted by Crippen LogP contribution is -2.30. The maximum atomic E-state index is 9.26. The zero-order valence-electron chi connectivity index (χ0n) is 11.9. The molecule has 104 valence electrons. The van der Waals surface area contributed by atoms with E-state index in [-0.39, 0.29) is 6.42 Å². The Morgan fingerprint density at radius 1 is 1.22 bits per heavy atom. The number of carboxylic acid groups (broad SMARTS) is 1. The Bertz CT molecular complexity index is 299. The van der Waals surface area contributed by atoms with E-state index in [1.54, 1.807) is 0 Å². The number of aryl methyl sites for hydroxylation is 2. The van der Waals surface area contributed by atoms with Crippen LogP contribution in [0.1, 0.15) is 52.9 Å². The molecule has 4 heteroatoms. The van der Waals surface area contributed by atoms with Crippen LogP contribution in [0, 0.1) is 0 Å². The molecular weight excluding hydrogens is 228 g/mol. The van der Waals surface area contributed by atoms with Crippen molar-refractivity contribution in [3.05, 3.63) is 18.7 Å². The van der Waals surface area contributed by atoms with Crippen LogP contribution in [0.4, 0.5) is 0 Å². The maximum Gasteiger partial charge on any atom is 0.243 e. The molecular formula is C14H26N2O2. The van der Waals surface area contributed by atoms with Gasteiger partial charge in [-0.3, -0.25) is 0 Å². The number of hydrogen-bond donors (Lipinski definition) is 0. The Balaban J connectivity index is 0.000000494. The van der Waals surface area contributed by atoms with Crippen LogP contribution in [-0.4, -0.2) is 10.5 Å². The second-order valence-electron chi connectivity index (χ2n) is 4.32. The third kappa shape index (κ3) is 8.79. The average molecular weight is 254 g/mol. The molecule has 0 amide bonds. The average Bonchev–Trinajstić information content (AvgIpc) is 2.82. The molecule has 18 heavy (non-hydrogen) atoms. The van der Waals surface area contributed by atoms with Crippen LogP contribution in [0.15, 0.2) is 18.7 Å². The zero-order chi connectivity index (χ0) is 13.8. The van der Waals surface area contributed by atoms with Gasteiger partial charge >= 0.3 is 0 Å². The lowest BCUT2D eigenvalue weighted by atomic mass is 10.3. The summed E-state index contributed by atoms with van der Waals surface area (Å²) in [5.41, 5.74) is 0. The summed E-state index contributed by atoms with van der Waals surface area (Å²) in [6.07, 6.45) is 11.8. The van der Waals surface area contributed by atoms with Crippen molar-refractivity contribution in [2.75, 3.05) is 0 Å². The van der Waals surface area contributed by atoms with Crippen LogP contribution in [0.2, 0.25) is 0 Å². The van der Waals surface area contributed by atoms with Gasteiger partial charge in [-0.1, -0.05) is 33.6 Å². The third-order valence-electron chi connectivity index (χ3n) is 2.57. The maximum absolute atomic E-state index is 9.26. The number of unbranched alkanes of at least 4 members (excludes halogenated alkanes) is 2. The fourth-order valence-electron chi connectivity index (χ4n) is 1.38. The van der Waals surface area contributed by atoms with Crippen LogP contribution in [0.5, 0.6) is 0 Å². The van der Waals surface area contributed by atoms with Crippen molar-refractivity contribution in [3.8, 4) is 0 Å². The fourth-order valence-corrected chi connectivity index (χ4v) is 1.38. The fraction of sp³-hybridized carbons (Fsp3) is 0.714. The van der Waals surface area contributed by atoms with E-state index in [4.69, 9.17) is 0 Å². The van der Waals surface area contributed by atoms with E-state index in [0.29, 0.717) is 0 Å². The van der Waals surface area contributed by atoms with Gasteiger partial charge < -0.3 is 9.90 Å². The number of aromatic nitrogens is 2. The minimum absolute atomic E-state index is 0.111. The summed E-state index contributed by atoms with van der Waals surface area (Å²) < 4.78 is 4.55. The molecule has 1 rings (SSSR count). The van der Waals surface area contributed by atoms with E-state index in [2.05, 4.69) is 41.7 Å². The summed E-state index contributed by atoms with van der Waals surface area (Å²) in [6, 6.07) is 0. The van der Waals surface area contributed by atoms with Crippen molar-refractivity contribution in [1.29, 1.82) is 0 Å². The molecule has 0 saturated heterocycles. The summed E-state index contributed by atoms with van der Waals surface area (Å²) >= 11 is 0. The van der Waals surface area contributed by atoms with Gasteiger partial charge in [-0.15, -0.1) is 0 Å². The molecule has 0 unspecified atom stereocenters. The van der Waals surface area contributed by atoms with E-state index in [0.717, 1.165) is 13.1 Å². The largest absolute Gasteiger partial charge is 0.550 e. The Kier molecular flexibility index (Phi) is 10.0.